The van der Waals surface area contributed by atoms with Gasteiger partial charge in [0.15, 0.2) is 10.4 Å². The standard InChI is InChI=1S/C14H18BrN3S/c1-2-14(5-3-4-6-14)9-18-12-11(17-13(18)19)7-10(15)8-16-12/h7-8H,2-6,9H2,1H3,(H,17,19). The summed E-state index contributed by atoms with van der Waals surface area (Å²) in [7, 11) is 0. The van der Waals surface area contributed by atoms with Gasteiger partial charge in [0.25, 0.3) is 0 Å². The molecule has 5 heteroatoms. The fourth-order valence-electron chi connectivity index (χ4n) is 3.25. The van der Waals surface area contributed by atoms with Gasteiger partial charge in [-0.1, -0.05) is 19.8 Å². The average molecular weight is 340 g/mol. The Kier molecular flexibility index (Phi) is 3.52. The van der Waals surface area contributed by atoms with Crippen molar-refractivity contribution in [3.8, 4) is 0 Å². The molecule has 3 nitrogen and oxygen atoms in total. The Bertz CT molecular complexity index is 652. The molecule has 2 heterocycles. The molecular formula is C14H18BrN3S. The third kappa shape index (κ3) is 2.38. The van der Waals surface area contributed by atoms with Crippen LogP contribution in [0.2, 0.25) is 0 Å². The molecule has 0 atom stereocenters. The van der Waals surface area contributed by atoms with E-state index in [1.807, 2.05) is 12.3 Å². The summed E-state index contributed by atoms with van der Waals surface area (Å²) in [5.41, 5.74) is 2.42. The molecule has 0 radical (unpaired) electrons. The lowest BCUT2D eigenvalue weighted by atomic mass is 9.83. The number of rotatable bonds is 3. The van der Waals surface area contributed by atoms with Crippen LogP contribution in [0.1, 0.15) is 39.0 Å². The lowest BCUT2D eigenvalue weighted by Gasteiger charge is -2.27. The van der Waals surface area contributed by atoms with Crippen LogP contribution in [0.5, 0.6) is 0 Å². The Labute approximate surface area is 126 Å². The zero-order valence-corrected chi connectivity index (χ0v) is 13.5. The zero-order valence-electron chi connectivity index (χ0n) is 11.1. The van der Waals surface area contributed by atoms with Crippen LogP contribution in [0.25, 0.3) is 11.2 Å². The normalized spacial score (nSPS) is 18.2. The van der Waals surface area contributed by atoms with Gasteiger partial charge < -0.3 is 9.55 Å². The molecule has 1 aliphatic carbocycles. The summed E-state index contributed by atoms with van der Waals surface area (Å²) in [6.07, 6.45) is 8.39. The van der Waals surface area contributed by atoms with E-state index in [0.717, 1.165) is 27.0 Å². The van der Waals surface area contributed by atoms with Crippen molar-refractivity contribution in [3.63, 3.8) is 0 Å². The summed E-state index contributed by atoms with van der Waals surface area (Å²) < 4.78 is 3.96. The predicted molar refractivity (Wildman–Crippen MR) is 83.8 cm³/mol. The number of hydrogen-bond acceptors (Lipinski definition) is 2. The van der Waals surface area contributed by atoms with Crippen LogP contribution in [0, 0.1) is 10.2 Å². The molecular weight excluding hydrogens is 322 g/mol. The molecule has 19 heavy (non-hydrogen) atoms. The number of hydrogen-bond donors (Lipinski definition) is 1. The van der Waals surface area contributed by atoms with Gasteiger partial charge in [-0.05, 0) is 58.9 Å². The molecule has 2 aromatic rings. The first kappa shape index (κ1) is 13.3. The molecule has 102 valence electrons. The first-order chi connectivity index (χ1) is 9.13. The van der Waals surface area contributed by atoms with E-state index >= 15 is 0 Å². The van der Waals surface area contributed by atoms with E-state index in [1.165, 1.54) is 32.1 Å². The molecule has 0 unspecified atom stereocenters. The van der Waals surface area contributed by atoms with Crippen molar-refractivity contribution in [1.29, 1.82) is 0 Å². The van der Waals surface area contributed by atoms with Crippen LogP contribution in [0.15, 0.2) is 16.7 Å². The van der Waals surface area contributed by atoms with Crippen LogP contribution in [-0.4, -0.2) is 14.5 Å². The fraction of sp³-hybridized carbons (Fsp3) is 0.571. The molecule has 1 aliphatic rings. The molecule has 3 rings (SSSR count). The number of nitrogens with zero attached hydrogens (tertiary/aromatic N) is 2. The van der Waals surface area contributed by atoms with Gasteiger partial charge >= 0.3 is 0 Å². The van der Waals surface area contributed by atoms with Gasteiger partial charge in [0.05, 0.1) is 5.52 Å². The monoisotopic (exact) mass is 339 g/mol. The number of aromatic amines is 1. The Hall–Kier alpha value is -0.680. The van der Waals surface area contributed by atoms with E-state index in [4.69, 9.17) is 12.2 Å². The summed E-state index contributed by atoms with van der Waals surface area (Å²) in [6, 6.07) is 2.04. The second kappa shape index (κ2) is 5.02. The van der Waals surface area contributed by atoms with Gasteiger partial charge in [-0.2, -0.15) is 0 Å². The summed E-state index contributed by atoms with van der Waals surface area (Å²) in [5, 5.41) is 0. The topological polar surface area (TPSA) is 33.6 Å². The van der Waals surface area contributed by atoms with Gasteiger partial charge in [-0.3, -0.25) is 0 Å². The Morgan fingerprint density at radius 1 is 1.47 bits per heavy atom. The first-order valence-corrected chi connectivity index (χ1v) is 8.08. The molecule has 2 aromatic heterocycles. The Morgan fingerprint density at radius 2 is 2.21 bits per heavy atom. The molecule has 0 amide bonds. The van der Waals surface area contributed by atoms with E-state index in [0.29, 0.717) is 5.41 Å². The highest BCUT2D eigenvalue weighted by atomic mass is 79.9. The average Bonchev–Trinajstić information content (AvgIpc) is 2.96. The molecule has 0 aromatic carbocycles. The quantitative estimate of drug-likeness (QED) is 0.812. The number of aromatic nitrogens is 3. The fourth-order valence-corrected chi connectivity index (χ4v) is 3.84. The maximum Gasteiger partial charge on any atom is 0.179 e. The van der Waals surface area contributed by atoms with Crippen molar-refractivity contribution >= 4 is 39.3 Å². The van der Waals surface area contributed by atoms with Crippen molar-refractivity contribution in [1.82, 2.24) is 14.5 Å². The highest BCUT2D eigenvalue weighted by Crippen LogP contribution is 2.42. The molecule has 0 bridgehead atoms. The smallest absolute Gasteiger partial charge is 0.179 e. The third-order valence-electron chi connectivity index (χ3n) is 4.48. The highest BCUT2D eigenvalue weighted by Gasteiger charge is 2.33. The molecule has 0 spiro atoms. The summed E-state index contributed by atoms with van der Waals surface area (Å²) in [6.45, 7) is 3.30. The van der Waals surface area contributed by atoms with Gasteiger partial charge in [0, 0.05) is 17.2 Å². The minimum absolute atomic E-state index is 0.419. The van der Waals surface area contributed by atoms with Gasteiger partial charge in [0.2, 0.25) is 0 Å². The highest BCUT2D eigenvalue weighted by molar-refractivity contribution is 9.10. The Morgan fingerprint density at radius 3 is 2.89 bits per heavy atom. The maximum atomic E-state index is 5.48. The summed E-state index contributed by atoms with van der Waals surface area (Å²) in [5.74, 6) is 0. The van der Waals surface area contributed by atoms with Crippen LogP contribution in [0.3, 0.4) is 0 Å². The first-order valence-electron chi connectivity index (χ1n) is 6.88. The molecule has 1 fully saturated rings. The summed E-state index contributed by atoms with van der Waals surface area (Å²) >= 11 is 8.93. The zero-order chi connectivity index (χ0) is 13.5. The van der Waals surface area contributed by atoms with E-state index in [9.17, 15) is 0 Å². The van der Waals surface area contributed by atoms with Gasteiger partial charge in [-0.25, -0.2) is 4.98 Å². The second-order valence-electron chi connectivity index (χ2n) is 5.60. The lowest BCUT2D eigenvalue weighted by Crippen LogP contribution is -2.23. The van der Waals surface area contributed by atoms with Crippen molar-refractivity contribution in [3.05, 3.63) is 21.5 Å². The number of halogens is 1. The largest absolute Gasteiger partial charge is 0.329 e. The van der Waals surface area contributed by atoms with Crippen molar-refractivity contribution < 1.29 is 0 Å². The summed E-state index contributed by atoms with van der Waals surface area (Å²) in [4.78, 5) is 7.80. The van der Waals surface area contributed by atoms with Crippen molar-refractivity contribution in [2.24, 2.45) is 5.41 Å². The van der Waals surface area contributed by atoms with Crippen LogP contribution in [-0.2, 0) is 6.54 Å². The molecule has 1 N–H and O–H groups in total. The van der Waals surface area contributed by atoms with E-state index in [1.54, 1.807) is 0 Å². The van der Waals surface area contributed by atoms with E-state index in [2.05, 4.69) is 37.4 Å². The lowest BCUT2D eigenvalue weighted by molar-refractivity contribution is 0.239. The van der Waals surface area contributed by atoms with E-state index in [-0.39, 0.29) is 0 Å². The van der Waals surface area contributed by atoms with Crippen LogP contribution < -0.4 is 0 Å². The number of fused-ring (bicyclic) bond motifs is 1. The maximum absolute atomic E-state index is 5.48. The molecule has 0 aliphatic heterocycles. The minimum Gasteiger partial charge on any atom is -0.329 e. The second-order valence-corrected chi connectivity index (χ2v) is 6.90. The SMILES string of the molecule is CCC1(Cn2c(=S)[nH]c3cc(Br)cnc32)CCCC1. The molecule has 1 saturated carbocycles. The number of imidazole rings is 1. The van der Waals surface area contributed by atoms with Crippen molar-refractivity contribution in [2.45, 2.75) is 45.6 Å². The van der Waals surface area contributed by atoms with Crippen molar-refractivity contribution in [2.75, 3.05) is 0 Å². The number of pyridine rings is 1. The number of nitrogens with one attached hydrogen (secondary N) is 1. The number of H-pyrrole nitrogens is 1. The van der Waals surface area contributed by atoms with Crippen LogP contribution >= 0.6 is 28.1 Å². The molecule has 0 saturated heterocycles. The Balaban J connectivity index is 2.05. The van der Waals surface area contributed by atoms with Gasteiger partial charge in [0.1, 0.15) is 0 Å². The third-order valence-corrected chi connectivity index (χ3v) is 5.24. The van der Waals surface area contributed by atoms with E-state index < -0.39 is 0 Å². The van der Waals surface area contributed by atoms with Gasteiger partial charge in [-0.15, -0.1) is 0 Å². The minimum atomic E-state index is 0.419. The predicted octanol–water partition coefficient (Wildman–Crippen LogP) is 4.83. The van der Waals surface area contributed by atoms with Crippen LogP contribution in [0.4, 0.5) is 0 Å².